The van der Waals surface area contributed by atoms with Crippen LogP contribution in [0.15, 0.2) is 6.07 Å². The molecule has 2 rings (SSSR count). The molecule has 1 nitrogen and oxygen atoms in total. The van der Waals surface area contributed by atoms with Gasteiger partial charge in [-0.05, 0) is 44.9 Å². The zero-order chi connectivity index (χ0) is 11.9. The molecule has 88 valence electrons. The van der Waals surface area contributed by atoms with Crippen molar-refractivity contribution < 1.29 is 8.78 Å². The van der Waals surface area contributed by atoms with Crippen LogP contribution in [0.5, 0.6) is 0 Å². The summed E-state index contributed by atoms with van der Waals surface area (Å²) in [5.74, 6) is -1.12. The highest BCUT2D eigenvalue weighted by molar-refractivity contribution is 6.30. The molecule has 0 radical (unpaired) electrons. The highest BCUT2D eigenvalue weighted by atomic mass is 35.5. The first-order valence-electron chi connectivity index (χ1n) is 5.35. The topological polar surface area (TPSA) is 12.0 Å². The minimum Gasteiger partial charge on any atom is -0.307 e. The molecule has 1 fully saturated rings. The van der Waals surface area contributed by atoms with E-state index in [1.165, 1.54) is 6.07 Å². The zero-order valence-electron chi connectivity index (χ0n) is 9.33. The molecule has 1 unspecified atom stereocenters. The smallest absolute Gasteiger partial charge is 0.149 e. The maximum absolute atomic E-state index is 14.0. The summed E-state index contributed by atoms with van der Waals surface area (Å²) in [5.41, 5.74) is -0.171. The summed E-state index contributed by atoms with van der Waals surface area (Å²) in [4.78, 5) is 0. The molecule has 1 aromatic carbocycles. The molecule has 0 amide bonds. The van der Waals surface area contributed by atoms with Crippen molar-refractivity contribution in [3.63, 3.8) is 0 Å². The highest BCUT2D eigenvalue weighted by Gasteiger charge is 2.36. The number of rotatable bonds is 1. The number of halogens is 3. The van der Waals surface area contributed by atoms with Gasteiger partial charge in [-0.2, -0.15) is 0 Å². The Morgan fingerprint density at radius 2 is 2.06 bits per heavy atom. The highest BCUT2D eigenvalue weighted by Crippen LogP contribution is 2.37. The van der Waals surface area contributed by atoms with Crippen molar-refractivity contribution in [3.05, 3.63) is 33.9 Å². The summed E-state index contributed by atoms with van der Waals surface area (Å²) in [6, 6.07) is 1.33. The fraction of sp³-hybridized carbons (Fsp3) is 0.500. The number of hydrogen-bond donors (Lipinski definition) is 1. The van der Waals surface area contributed by atoms with E-state index in [9.17, 15) is 8.78 Å². The minimum atomic E-state index is -0.637. The van der Waals surface area contributed by atoms with Gasteiger partial charge in [0.1, 0.15) is 11.6 Å². The van der Waals surface area contributed by atoms with E-state index in [1.807, 2.05) is 6.92 Å². The van der Waals surface area contributed by atoms with Crippen molar-refractivity contribution in [2.75, 3.05) is 6.54 Å². The van der Waals surface area contributed by atoms with Crippen LogP contribution in [-0.4, -0.2) is 6.54 Å². The first-order chi connectivity index (χ1) is 7.46. The van der Waals surface area contributed by atoms with Crippen LogP contribution in [0.25, 0.3) is 0 Å². The van der Waals surface area contributed by atoms with Crippen molar-refractivity contribution in [1.82, 2.24) is 5.32 Å². The lowest BCUT2D eigenvalue weighted by Crippen LogP contribution is -2.35. The molecule has 1 N–H and O–H groups in total. The molecule has 0 aromatic heterocycles. The van der Waals surface area contributed by atoms with Crippen LogP contribution in [0.4, 0.5) is 8.78 Å². The molecular weight excluding hydrogens is 232 g/mol. The van der Waals surface area contributed by atoms with Crippen LogP contribution in [0.3, 0.4) is 0 Å². The quantitative estimate of drug-likeness (QED) is 0.747. The predicted octanol–water partition coefficient (Wildman–Crippen LogP) is 3.53. The molecule has 1 aliphatic rings. The summed E-state index contributed by atoms with van der Waals surface area (Å²) in [6.07, 6.45) is 1.64. The third-order valence-corrected chi connectivity index (χ3v) is 3.53. The van der Waals surface area contributed by atoms with Gasteiger partial charge in [-0.1, -0.05) is 11.6 Å². The van der Waals surface area contributed by atoms with Crippen LogP contribution in [0.1, 0.15) is 30.9 Å². The van der Waals surface area contributed by atoms with E-state index in [1.54, 1.807) is 6.92 Å². The lowest BCUT2D eigenvalue weighted by atomic mass is 9.88. The van der Waals surface area contributed by atoms with Gasteiger partial charge in [0.05, 0.1) is 5.02 Å². The second-order valence-electron chi connectivity index (χ2n) is 4.54. The van der Waals surface area contributed by atoms with E-state index in [2.05, 4.69) is 5.32 Å². The molecule has 1 atom stereocenters. The Labute approximate surface area is 98.8 Å². The van der Waals surface area contributed by atoms with E-state index in [0.29, 0.717) is 5.56 Å². The monoisotopic (exact) mass is 245 g/mol. The van der Waals surface area contributed by atoms with Gasteiger partial charge in [0.2, 0.25) is 0 Å². The zero-order valence-corrected chi connectivity index (χ0v) is 10.1. The number of nitrogens with one attached hydrogen (secondary N) is 1. The van der Waals surface area contributed by atoms with Crippen molar-refractivity contribution in [2.24, 2.45) is 0 Å². The van der Waals surface area contributed by atoms with Crippen LogP contribution in [0, 0.1) is 18.6 Å². The first kappa shape index (κ1) is 11.8. The lowest BCUT2D eigenvalue weighted by molar-refractivity contribution is 0.385. The van der Waals surface area contributed by atoms with E-state index in [4.69, 9.17) is 11.6 Å². The summed E-state index contributed by atoms with van der Waals surface area (Å²) >= 11 is 5.76. The molecule has 0 spiro atoms. The van der Waals surface area contributed by atoms with Gasteiger partial charge in [-0.15, -0.1) is 0 Å². The summed E-state index contributed by atoms with van der Waals surface area (Å²) in [6.45, 7) is 4.20. The van der Waals surface area contributed by atoms with Gasteiger partial charge >= 0.3 is 0 Å². The van der Waals surface area contributed by atoms with Crippen molar-refractivity contribution in [3.8, 4) is 0 Å². The predicted molar refractivity (Wildman–Crippen MR) is 60.7 cm³/mol. The lowest BCUT2D eigenvalue weighted by Gasteiger charge is -2.27. The average Bonchev–Trinajstić information content (AvgIpc) is 2.63. The maximum atomic E-state index is 14.0. The third-order valence-electron chi connectivity index (χ3n) is 3.26. The molecule has 0 aliphatic carbocycles. The average molecular weight is 246 g/mol. The Kier molecular flexibility index (Phi) is 2.93. The minimum absolute atomic E-state index is 0.0103. The second-order valence-corrected chi connectivity index (χ2v) is 4.95. The van der Waals surface area contributed by atoms with Crippen molar-refractivity contribution >= 4 is 11.6 Å². The van der Waals surface area contributed by atoms with Crippen molar-refractivity contribution in [1.29, 1.82) is 0 Å². The molecule has 4 heteroatoms. The standard InChI is InChI=1S/C12H14ClF2N/c1-7-6-8(13)11(15)9(10(7)14)12(2)4-3-5-16-12/h6,16H,3-5H2,1-2H3. The van der Waals surface area contributed by atoms with Crippen LogP contribution >= 0.6 is 11.6 Å². The maximum Gasteiger partial charge on any atom is 0.149 e. The Bertz CT molecular complexity index is 399. The van der Waals surface area contributed by atoms with Gasteiger partial charge in [0.15, 0.2) is 0 Å². The van der Waals surface area contributed by atoms with Gasteiger partial charge in [0, 0.05) is 11.1 Å². The fourth-order valence-electron chi connectivity index (χ4n) is 2.32. The molecule has 1 heterocycles. The summed E-state index contributed by atoms with van der Waals surface area (Å²) in [5, 5.41) is 3.14. The summed E-state index contributed by atoms with van der Waals surface area (Å²) < 4.78 is 27.9. The largest absolute Gasteiger partial charge is 0.307 e. The number of benzene rings is 1. The normalized spacial score (nSPS) is 25.1. The SMILES string of the molecule is Cc1cc(Cl)c(F)c(C2(C)CCCN2)c1F. The molecular formula is C12H14ClF2N. The van der Waals surface area contributed by atoms with Gasteiger partial charge in [0.25, 0.3) is 0 Å². The Hall–Kier alpha value is -0.670. The Morgan fingerprint density at radius 3 is 2.62 bits per heavy atom. The number of aryl methyl sites for hydroxylation is 1. The van der Waals surface area contributed by atoms with E-state index < -0.39 is 17.2 Å². The Balaban J connectivity index is 2.63. The molecule has 1 aliphatic heterocycles. The molecule has 0 saturated carbocycles. The first-order valence-corrected chi connectivity index (χ1v) is 5.73. The van der Waals surface area contributed by atoms with Crippen LogP contribution in [-0.2, 0) is 5.54 Å². The van der Waals surface area contributed by atoms with E-state index in [-0.39, 0.29) is 10.6 Å². The van der Waals surface area contributed by atoms with E-state index in [0.717, 1.165) is 19.4 Å². The van der Waals surface area contributed by atoms with Gasteiger partial charge in [-0.25, -0.2) is 8.78 Å². The molecule has 1 aromatic rings. The van der Waals surface area contributed by atoms with Crippen LogP contribution < -0.4 is 5.32 Å². The van der Waals surface area contributed by atoms with Gasteiger partial charge in [-0.3, -0.25) is 0 Å². The van der Waals surface area contributed by atoms with Gasteiger partial charge < -0.3 is 5.32 Å². The van der Waals surface area contributed by atoms with E-state index >= 15 is 0 Å². The molecule has 1 saturated heterocycles. The second kappa shape index (κ2) is 3.97. The third kappa shape index (κ3) is 1.72. The number of hydrogen-bond acceptors (Lipinski definition) is 1. The fourth-order valence-corrected chi connectivity index (χ4v) is 2.58. The molecule has 16 heavy (non-hydrogen) atoms. The molecule has 0 bridgehead atoms. The summed E-state index contributed by atoms with van der Waals surface area (Å²) in [7, 11) is 0. The van der Waals surface area contributed by atoms with Crippen molar-refractivity contribution in [2.45, 2.75) is 32.2 Å². The van der Waals surface area contributed by atoms with Crippen LogP contribution in [0.2, 0.25) is 5.02 Å². The Morgan fingerprint density at radius 1 is 1.38 bits per heavy atom.